The molecule has 1 aromatic heterocycles. The Morgan fingerprint density at radius 1 is 1.47 bits per heavy atom. The lowest BCUT2D eigenvalue weighted by Crippen LogP contribution is -2.35. The van der Waals surface area contributed by atoms with Gasteiger partial charge in [0.25, 0.3) is 0 Å². The number of carbonyl (C=O) groups is 2. The van der Waals surface area contributed by atoms with Crippen molar-refractivity contribution < 1.29 is 19.4 Å². The van der Waals surface area contributed by atoms with E-state index in [0.717, 1.165) is 11.3 Å². The van der Waals surface area contributed by atoms with Crippen molar-refractivity contribution >= 4 is 11.9 Å². The molecule has 2 heterocycles. The molecule has 0 aliphatic carbocycles. The second-order valence-electron chi connectivity index (χ2n) is 4.51. The molecule has 0 unspecified atom stereocenters. The highest BCUT2D eigenvalue weighted by Crippen LogP contribution is 2.20. The lowest BCUT2D eigenvalue weighted by molar-refractivity contribution is -0.151. The second-order valence-corrected chi connectivity index (χ2v) is 4.51. The summed E-state index contributed by atoms with van der Waals surface area (Å²) in [4.78, 5) is 26.7. The average Bonchev–Trinajstić information content (AvgIpc) is 2.87. The number of carbonyl (C=O) groups excluding carboxylic acids is 1. The fourth-order valence-electron chi connectivity index (χ4n) is 2.00. The lowest BCUT2D eigenvalue weighted by atomic mass is 10.2. The molecule has 0 radical (unpaired) electrons. The number of rotatable bonds is 4. The summed E-state index contributed by atoms with van der Waals surface area (Å²) in [5.41, 5.74) is 1.79. The van der Waals surface area contributed by atoms with Gasteiger partial charge in [-0.15, -0.1) is 0 Å². The molecular formula is C13H16N2O4. The van der Waals surface area contributed by atoms with Crippen LogP contribution in [0.5, 0.6) is 0 Å². The first-order chi connectivity index (χ1) is 9.08. The number of ether oxygens (including phenoxy) is 1. The number of aryl methyl sites for hydroxylation is 1. The van der Waals surface area contributed by atoms with Gasteiger partial charge in [-0.05, 0) is 31.4 Å². The van der Waals surface area contributed by atoms with Gasteiger partial charge in [-0.25, -0.2) is 4.79 Å². The number of aliphatic carboxylic acids is 1. The second kappa shape index (κ2) is 5.79. The molecule has 19 heavy (non-hydrogen) atoms. The van der Waals surface area contributed by atoms with E-state index in [4.69, 9.17) is 9.84 Å². The van der Waals surface area contributed by atoms with E-state index in [0.29, 0.717) is 19.4 Å². The molecule has 102 valence electrons. The number of hydrogen-bond donors (Lipinski definition) is 2. The van der Waals surface area contributed by atoms with E-state index in [2.05, 4.69) is 10.3 Å². The fraction of sp³-hybridized carbons (Fsp3) is 0.462. The zero-order valence-corrected chi connectivity index (χ0v) is 10.6. The predicted molar refractivity (Wildman–Crippen MR) is 66.4 cm³/mol. The molecule has 1 aliphatic heterocycles. The fourth-order valence-corrected chi connectivity index (χ4v) is 2.00. The van der Waals surface area contributed by atoms with Crippen LogP contribution >= 0.6 is 0 Å². The largest absolute Gasteiger partial charge is 0.479 e. The van der Waals surface area contributed by atoms with Crippen molar-refractivity contribution in [2.75, 3.05) is 0 Å². The number of hydrogen-bond acceptors (Lipinski definition) is 4. The van der Waals surface area contributed by atoms with Gasteiger partial charge >= 0.3 is 5.97 Å². The summed E-state index contributed by atoms with van der Waals surface area (Å²) in [6.45, 7) is 2.24. The molecule has 1 amide bonds. The molecule has 2 N–H and O–H groups in total. The first kappa shape index (κ1) is 13.5. The zero-order chi connectivity index (χ0) is 13.8. The van der Waals surface area contributed by atoms with E-state index in [-0.39, 0.29) is 5.91 Å². The minimum Gasteiger partial charge on any atom is -0.479 e. The topological polar surface area (TPSA) is 88.5 Å². The van der Waals surface area contributed by atoms with Gasteiger partial charge in [-0.2, -0.15) is 0 Å². The van der Waals surface area contributed by atoms with Gasteiger partial charge in [0.05, 0.1) is 12.2 Å². The quantitative estimate of drug-likeness (QED) is 0.833. The smallest absolute Gasteiger partial charge is 0.332 e. The molecule has 6 nitrogen and oxygen atoms in total. The highest BCUT2D eigenvalue weighted by Gasteiger charge is 2.34. The van der Waals surface area contributed by atoms with Crippen LogP contribution < -0.4 is 5.32 Å². The number of carboxylic acids is 1. The first-order valence-electron chi connectivity index (χ1n) is 6.14. The Morgan fingerprint density at radius 3 is 2.84 bits per heavy atom. The molecule has 2 atom stereocenters. The molecule has 6 heteroatoms. The van der Waals surface area contributed by atoms with Crippen LogP contribution in [0.3, 0.4) is 0 Å². The lowest BCUT2D eigenvalue weighted by Gasteiger charge is -2.12. The van der Waals surface area contributed by atoms with Crippen molar-refractivity contribution in [2.45, 2.75) is 38.5 Å². The number of nitrogens with one attached hydrogen (secondary N) is 1. The van der Waals surface area contributed by atoms with Crippen LogP contribution in [0, 0.1) is 6.92 Å². The zero-order valence-electron chi connectivity index (χ0n) is 10.6. The Kier molecular flexibility index (Phi) is 4.11. The maximum Gasteiger partial charge on any atom is 0.332 e. The van der Waals surface area contributed by atoms with Crippen molar-refractivity contribution in [1.29, 1.82) is 0 Å². The highest BCUT2D eigenvalue weighted by molar-refractivity contribution is 5.82. The number of aromatic nitrogens is 1. The standard InChI is InChI=1S/C13H16N2O4/c1-8-3-2-6-14-9(8)7-15-12(16)10-4-5-11(19-10)13(17)18/h2-3,6,10-11H,4-5,7H2,1H3,(H,15,16)(H,17,18)/t10-,11+/m0/s1. The number of pyridine rings is 1. The minimum atomic E-state index is -1.02. The third-order valence-electron chi connectivity index (χ3n) is 3.14. The summed E-state index contributed by atoms with van der Waals surface area (Å²) < 4.78 is 5.17. The molecule has 1 saturated heterocycles. The Balaban J connectivity index is 1.86. The molecule has 0 spiro atoms. The first-order valence-corrected chi connectivity index (χ1v) is 6.14. The van der Waals surface area contributed by atoms with E-state index in [1.807, 2.05) is 19.1 Å². The van der Waals surface area contributed by atoms with Crippen molar-refractivity contribution in [3.05, 3.63) is 29.6 Å². The van der Waals surface area contributed by atoms with Crippen molar-refractivity contribution in [2.24, 2.45) is 0 Å². The summed E-state index contributed by atoms with van der Waals surface area (Å²) in [6.07, 6.45) is 0.929. The monoisotopic (exact) mass is 264 g/mol. The molecular weight excluding hydrogens is 248 g/mol. The Bertz CT molecular complexity index is 489. The van der Waals surface area contributed by atoms with Crippen molar-refractivity contribution in [1.82, 2.24) is 10.3 Å². The summed E-state index contributed by atoms with van der Waals surface area (Å²) >= 11 is 0. The Hall–Kier alpha value is -1.95. The van der Waals surface area contributed by atoms with Crippen LogP contribution in [-0.4, -0.2) is 34.2 Å². The van der Waals surface area contributed by atoms with Gasteiger partial charge in [-0.3, -0.25) is 9.78 Å². The van der Waals surface area contributed by atoms with E-state index in [1.165, 1.54) is 0 Å². The molecule has 2 rings (SSSR count). The summed E-state index contributed by atoms with van der Waals surface area (Å²) in [5.74, 6) is -1.30. The van der Waals surface area contributed by atoms with Crippen LogP contribution in [0.15, 0.2) is 18.3 Å². The average molecular weight is 264 g/mol. The van der Waals surface area contributed by atoms with Gasteiger partial charge in [0.15, 0.2) is 6.10 Å². The summed E-state index contributed by atoms with van der Waals surface area (Å²) in [5, 5.41) is 11.5. The van der Waals surface area contributed by atoms with Crippen LogP contribution in [-0.2, 0) is 20.9 Å². The number of nitrogens with zero attached hydrogens (tertiary/aromatic N) is 1. The molecule has 0 aromatic carbocycles. The van der Waals surface area contributed by atoms with Gasteiger partial charge in [-0.1, -0.05) is 6.07 Å². The normalized spacial score (nSPS) is 22.2. The SMILES string of the molecule is Cc1cccnc1CNC(=O)[C@@H]1CC[C@H](C(=O)O)O1. The Labute approximate surface area is 110 Å². The van der Waals surface area contributed by atoms with Crippen molar-refractivity contribution in [3.8, 4) is 0 Å². The summed E-state index contributed by atoms with van der Waals surface area (Å²) in [7, 11) is 0. The van der Waals surface area contributed by atoms with Gasteiger partial charge in [0.2, 0.25) is 5.91 Å². The van der Waals surface area contributed by atoms with Gasteiger partial charge in [0, 0.05) is 6.20 Å². The molecule has 1 fully saturated rings. The number of amides is 1. The van der Waals surface area contributed by atoms with E-state index >= 15 is 0 Å². The molecule has 0 saturated carbocycles. The van der Waals surface area contributed by atoms with Crippen LogP contribution in [0.1, 0.15) is 24.1 Å². The molecule has 1 aliphatic rings. The van der Waals surface area contributed by atoms with E-state index in [9.17, 15) is 9.59 Å². The van der Waals surface area contributed by atoms with E-state index in [1.54, 1.807) is 6.20 Å². The van der Waals surface area contributed by atoms with Crippen LogP contribution in [0.25, 0.3) is 0 Å². The van der Waals surface area contributed by atoms with Gasteiger partial charge < -0.3 is 15.2 Å². The van der Waals surface area contributed by atoms with E-state index < -0.39 is 18.2 Å². The van der Waals surface area contributed by atoms with Crippen LogP contribution in [0.4, 0.5) is 0 Å². The van der Waals surface area contributed by atoms with Crippen LogP contribution in [0.2, 0.25) is 0 Å². The summed E-state index contributed by atoms with van der Waals surface area (Å²) in [6, 6.07) is 3.75. The third-order valence-corrected chi connectivity index (χ3v) is 3.14. The number of carboxylic acid groups (broad SMARTS) is 1. The van der Waals surface area contributed by atoms with Gasteiger partial charge in [0.1, 0.15) is 6.10 Å². The minimum absolute atomic E-state index is 0.284. The molecule has 1 aromatic rings. The molecule has 0 bridgehead atoms. The Morgan fingerprint density at radius 2 is 2.21 bits per heavy atom. The van der Waals surface area contributed by atoms with Crippen molar-refractivity contribution in [3.63, 3.8) is 0 Å². The highest BCUT2D eigenvalue weighted by atomic mass is 16.5. The third kappa shape index (κ3) is 3.29. The maximum absolute atomic E-state index is 11.8. The maximum atomic E-state index is 11.8. The predicted octanol–water partition coefficient (Wildman–Crippen LogP) is 0.638.